The summed E-state index contributed by atoms with van der Waals surface area (Å²) in [5.74, 6) is 0.202. The zero-order valence-corrected chi connectivity index (χ0v) is 15.0. The molecule has 0 fully saturated rings. The standard InChI is InChI=1S/C20H18N4O3/c1-13-5-3-4-6-16(13)24-11-14(10-21-24)20(26)22-15-7-8-18-17(9-15)23(2)19(25)12-27-18/h3-11H,12H2,1-2H3,(H,22,26). The second-order valence-corrected chi connectivity index (χ2v) is 6.34. The number of nitrogens with one attached hydrogen (secondary N) is 1. The van der Waals surface area contributed by atoms with Gasteiger partial charge in [-0.2, -0.15) is 5.10 Å². The molecule has 0 aliphatic carbocycles. The maximum absolute atomic E-state index is 12.6. The average Bonchev–Trinajstić information content (AvgIpc) is 3.15. The number of nitrogens with zero attached hydrogens (tertiary/aromatic N) is 3. The molecule has 27 heavy (non-hydrogen) atoms. The van der Waals surface area contributed by atoms with Gasteiger partial charge >= 0.3 is 0 Å². The summed E-state index contributed by atoms with van der Waals surface area (Å²) in [5, 5.41) is 7.12. The molecule has 7 heteroatoms. The minimum Gasteiger partial charge on any atom is -0.482 e. The lowest BCUT2D eigenvalue weighted by atomic mass is 10.2. The van der Waals surface area contributed by atoms with Gasteiger partial charge in [-0.3, -0.25) is 9.59 Å². The van der Waals surface area contributed by atoms with E-state index < -0.39 is 0 Å². The molecule has 136 valence electrons. The van der Waals surface area contributed by atoms with E-state index in [9.17, 15) is 9.59 Å². The molecule has 0 saturated carbocycles. The zero-order valence-electron chi connectivity index (χ0n) is 15.0. The van der Waals surface area contributed by atoms with Gasteiger partial charge < -0.3 is 15.0 Å². The average molecular weight is 362 g/mol. The van der Waals surface area contributed by atoms with Gasteiger partial charge in [-0.25, -0.2) is 4.68 Å². The Labute approximate surface area is 156 Å². The van der Waals surface area contributed by atoms with Crippen LogP contribution >= 0.6 is 0 Å². The van der Waals surface area contributed by atoms with Crippen molar-refractivity contribution < 1.29 is 14.3 Å². The third kappa shape index (κ3) is 3.15. The van der Waals surface area contributed by atoms with Crippen molar-refractivity contribution in [2.45, 2.75) is 6.92 Å². The minimum absolute atomic E-state index is 0.0211. The predicted octanol–water partition coefficient (Wildman–Crippen LogP) is 2.79. The summed E-state index contributed by atoms with van der Waals surface area (Å²) >= 11 is 0. The number of amides is 2. The smallest absolute Gasteiger partial charge is 0.264 e. The van der Waals surface area contributed by atoms with E-state index in [0.717, 1.165) is 11.3 Å². The Morgan fingerprint density at radius 2 is 2.00 bits per heavy atom. The van der Waals surface area contributed by atoms with E-state index in [1.165, 1.54) is 11.1 Å². The van der Waals surface area contributed by atoms with Gasteiger partial charge in [-0.15, -0.1) is 0 Å². The third-order valence-corrected chi connectivity index (χ3v) is 4.51. The normalized spacial score (nSPS) is 13.1. The van der Waals surface area contributed by atoms with Gasteiger partial charge in [0.25, 0.3) is 11.8 Å². The molecule has 1 aromatic heterocycles. The topological polar surface area (TPSA) is 76.5 Å². The lowest BCUT2D eigenvalue weighted by Crippen LogP contribution is -2.35. The van der Waals surface area contributed by atoms with E-state index >= 15 is 0 Å². The first-order valence-corrected chi connectivity index (χ1v) is 8.48. The van der Waals surface area contributed by atoms with E-state index in [-0.39, 0.29) is 18.4 Å². The number of carbonyl (C=O) groups excluding carboxylic acids is 2. The van der Waals surface area contributed by atoms with Gasteiger partial charge in [-0.05, 0) is 36.8 Å². The van der Waals surface area contributed by atoms with Gasteiger partial charge in [0.1, 0.15) is 5.75 Å². The summed E-state index contributed by atoms with van der Waals surface area (Å²) in [6, 6.07) is 13.0. The van der Waals surface area contributed by atoms with E-state index in [2.05, 4.69) is 10.4 Å². The molecule has 2 amide bonds. The molecule has 0 bridgehead atoms. The van der Waals surface area contributed by atoms with Crippen LogP contribution < -0.4 is 15.0 Å². The fourth-order valence-electron chi connectivity index (χ4n) is 2.95. The number of benzene rings is 2. The second-order valence-electron chi connectivity index (χ2n) is 6.34. The van der Waals surface area contributed by atoms with Crippen LogP contribution in [0.25, 0.3) is 5.69 Å². The molecular weight excluding hydrogens is 344 g/mol. The number of ether oxygens (including phenoxy) is 1. The number of hydrogen-bond acceptors (Lipinski definition) is 4. The highest BCUT2D eigenvalue weighted by Gasteiger charge is 2.22. The fourth-order valence-corrected chi connectivity index (χ4v) is 2.95. The van der Waals surface area contributed by atoms with Crippen LogP contribution in [0.3, 0.4) is 0 Å². The monoisotopic (exact) mass is 362 g/mol. The van der Waals surface area contributed by atoms with Crippen LogP contribution in [0.4, 0.5) is 11.4 Å². The van der Waals surface area contributed by atoms with Crippen molar-refractivity contribution in [1.82, 2.24) is 9.78 Å². The maximum atomic E-state index is 12.6. The highest BCUT2D eigenvalue weighted by molar-refractivity contribution is 6.05. The number of fused-ring (bicyclic) bond motifs is 1. The maximum Gasteiger partial charge on any atom is 0.264 e. The minimum atomic E-state index is -0.277. The van der Waals surface area contributed by atoms with Crippen molar-refractivity contribution in [1.29, 1.82) is 0 Å². The van der Waals surface area contributed by atoms with Crippen LogP contribution in [-0.2, 0) is 4.79 Å². The van der Waals surface area contributed by atoms with E-state index in [1.807, 2.05) is 31.2 Å². The molecule has 7 nitrogen and oxygen atoms in total. The predicted molar refractivity (Wildman–Crippen MR) is 102 cm³/mol. The van der Waals surface area contributed by atoms with Gasteiger partial charge in [0.2, 0.25) is 0 Å². The van der Waals surface area contributed by atoms with Crippen molar-refractivity contribution in [2.24, 2.45) is 0 Å². The molecular formula is C20H18N4O3. The molecule has 2 heterocycles. The summed E-state index contributed by atoms with van der Waals surface area (Å²) in [4.78, 5) is 25.9. The summed E-state index contributed by atoms with van der Waals surface area (Å²) in [6.07, 6.45) is 3.22. The summed E-state index contributed by atoms with van der Waals surface area (Å²) in [7, 11) is 1.68. The molecule has 2 aromatic carbocycles. The molecule has 1 aliphatic rings. The lowest BCUT2D eigenvalue weighted by molar-refractivity contribution is -0.120. The Morgan fingerprint density at radius 3 is 2.81 bits per heavy atom. The van der Waals surface area contributed by atoms with Crippen LogP contribution in [0.1, 0.15) is 15.9 Å². The van der Waals surface area contributed by atoms with Crippen molar-refractivity contribution in [3.05, 3.63) is 66.0 Å². The molecule has 0 atom stereocenters. The summed E-state index contributed by atoms with van der Waals surface area (Å²) in [5.41, 5.74) is 3.63. The molecule has 1 aliphatic heterocycles. The number of carbonyl (C=O) groups is 2. The molecule has 1 N–H and O–H groups in total. The summed E-state index contributed by atoms with van der Waals surface area (Å²) < 4.78 is 7.07. The lowest BCUT2D eigenvalue weighted by Gasteiger charge is -2.26. The first-order chi connectivity index (χ1) is 13.0. The first kappa shape index (κ1) is 16.8. The van der Waals surface area contributed by atoms with Crippen LogP contribution in [-0.4, -0.2) is 35.2 Å². The zero-order chi connectivity index (χ0) is 19.0. The Balaban J connectivity index is 1.55. The van der Waals surface area contributed by atoms with Crippen molar-refractivity contribution in [3.8, 4) is 11.4 Å². The number of likely N-dealkylation sites (N-methyl/N-ethyl adjacent to an activating group) is 1. The largest absolute Gasteiger partial charge is 0.482 e. The number of rotatable bonds is 3. The van der Waals surface area contributed by atoms with Gasteiger partial charge in [0, 0.05) is 18.9 Å². The number of anilines is 2. The Bertz CT molecular complexity index is 1040. The fraction of sp³-hybridized carbons (Fsp3) is 0.150. The molecule has 0 unspecified atom stereocenters. The van der Waals surface area contributed by atoms with Crippen molar-refractivity contribution >= 4 is 23.2 Å². The van der Waals surface area contributed by atoms with E-state index in [4.69, 9.17) is 4.74 Å². The number of para-hydroxylation sites is 1. The highest BCUT2D eigenvalue weighted by Crippen LogP contribution is 2.33. The number of hydrogen-bond donors (Lipinski definition) is 1. The molecule has 0 saturated heterocycles. The number of aromatic nitrogens is 2. The molecule has 3 aromatic rings. The first-order valence-electron chi connectivity index (χ1n) is 8.48. The SMILES string of the molecule is Cc1ccccc1-n1cc(C(=O)Nc2ccc3c(c2)N(C)C(=O)CO3)cn1. The van der Waals surface area contributed by atoms with E-state index in [1.54, 1.807) is 36.1 Å². The van der Waals surface area contributed by atoms with Crippen molar-refractivity contribution in [2.75, 3.05) is 23.9 Å². The van der Waals surface area contributed by atoms with Crippen molar-refractivity contribution in [3.63, 3.8) is 0 Å². The van der Waals surface area contributed by atoms with Gasteiger partial charge in [0.05, 0.1) is 23.1 Å². The molecule has 0 spiro atoms. The van der Waals surface area contributed by atoms with Crippen LogP contribution in [0.2, 0.25) is 0 Å². The second kappa shape index (κ2) is 6.60. The Hall–Kier alpha value is -3.61. The quantitative estimate of drug-likeness (QED) is 0.777. The Morgan fingerprint density at radius 1 is 1.19 bits per heavy atom. The van der Waals surface area contributed by atoms with Crippen LogP contribution in [0.15, 0.2) is 54.9 Å². The molecule has 4 rings (SSSR count). The van der Waals surface area contributed by atoms with Gasteiger partial charge in [-0.1, -0.05) is 18.2 Å². The van der Waals surface area contributed by atoms with E-state index in [0.29, 0.717) is 22.7 Å². The van der Waals surface area contributed by atoms with Crippen LogP contribution in [0.5, 0.6) is 5.75 Å². The Kier molecular flexibility index (Phi) is 4.12. The van der Waals surface area contributed by atoms with Crippen LogP contribution in [0, 0.1) is 6.92 Å². The third-order valence-electron chi connectivity index (χ3n) is 4.51. The highest BCUT2D eigenvalue weighted by atomic mass is 16.5. The summed E-state index contributed by atoms with van der Waals surface area (Å²) in [6.45, 7) is 2.01. The van der Waals surface area contributed by atoms with Gasteiger partial charge in [0.15, 0.2) is 6.61 Å². The number of aryl methyl sites for hydroxylation is 1. The molecule has 0 radical (unpaired) electrons.